The van der Waals surface area contributed by atoms with Crippen molar-refractivity contribution >= 4 is 45.0 Å². The van der Waals surface area contributed by atoms with Crippen LogP contribution in [0.3, 0.4) is 0 Å². The number of piperidine rings is 1. The third-order valence-corrected chi connectivity index (χ3v) is 6.59. The Balaban J connectivity index is 2.01. The number of halogens is 2. The first-order valence-corrected chi connectivity index (χ1v) is 10.4. The Bertz CT molecular complexity index is 1010. The fraction of sp³-hybridized carbons (Fsp3) is 0.273. The number of carbonyl (C=O) groups excluding carboxylic acids is 2. The molecule has 2 aliphatic heterocycles. The molecule has 0 bridgehead atoms. The van der Waals surface area contributed by atoms with Crippen LogP contribution in [-0.2, 0) is 15.0 Å². The Kier molecular flexibility index (Phi) is 4.84. The second-order valence-electron chi connectivity index (χ2n) is 7.34. The van der Waals surface area contributed by atoms with Gasteiger partial charge in [-0.15, -0.1) is 0 Å². The van der Waals surface area contributed by atoms with Gasteiger partial charge in [-0.2, -0.15) is 0 Å². The van der Waals surface area contributed by atoms with Crippen molar-refractivity contribution in [2.45, 2.75) is 37.1 Å². The Morgan fingerprint density at radius 1 is 1.29 bits per heavy atom. The van der Waals surface area contributed by atoms with E-state index in [1.54, 1.807) is 6.07 Å². The van der Waals surface area contributed by atoms with Crippen molar-refractivity contribution in [3.8, 4) is 0 Å². The third-order valence-electron chi connectivity index (χ3n) is 5.86. The van der Waals surface area contributed by atoms with Crippen molar-refractivity contribution in [2.75, 3.05) is 5.32 Å². The fourth-order valence-corrected chi connectivity index (χ4v) is 5.13. The zero-order chi connectivity index (χ0) is 20.1. The molecule has 0 aromatic heterocycles. The van der Waals surface area contributed by atoms with Gasteiger partial charge in [0.05, 0.1) is 6.04 Å². The van der Waals surface area contributed by atoms with Gasteiger partial charge >= 0.3 is 0 Å². The molecule has 0 aliphatic carbocycles. The number of nitrogens with one attached hydrogen (secondary N) is 2. The standard InChI is InChI=1S/C22H20BrClN2O2/c1-3-12(2)20-22(16-8-7-14(23)10-18(16)25-21(22)28)17(11-19(27)26-20)13-5-4-6-15(24)9-13/h4-10,17,20H,2-3,11H2,1H3,(H,25,28)(H,26,27)/t17-,20+,22-/m1/s1. The molecule has 2 aromatic carbocycles. The first-order valence-electron chi connectivity index (χ1n) is 9.22. The molecule has 144 valence electrons. The number of rotatable bonds is 3. The smallest absolute Gasteiger partial charge is 0.238 e. The molecule has 0 radical (unpaired) electrons. The SMILES string of the molecule is C=C(CC)[C@@H]1NC(=O)C[C@H](c2cccc(Cl)c2)[C@@]12C(=O)Nc1cc(Br)ccc12. The lowest BCUT2D eigenvalue weighted by atomic mass is 9.59. The number of hydrogen-bond acceptors (Lipinski definition) is 2. The lowest BCUT2D eigenvalue weighted by molar-refractivity contribution is -0.130. The summed E-state index contributed by atoms with van der Waals surface area (Å²) in [4.78, 5) is 26.2. The maximum atomic E-state index is 13.6. The van der Waals surface area contributed by atoms with Crippen molar-refractivity contribution in [3.05, 3.63) is 75.2 Å². The van der Waals surface area contributed by atoms with Crippen LogP contribution >= 0.6 is 27.5 Å². The highest BCUT2D eigenvalue weighted by atomic mass is 79.9. The summed E-state index contributed by atoms with van der Waals surface area (Å²) in [5, 5.41) is 6.68. The summed E-state index contributed by atoms with van der Waals surface area (Å²) < 4.78 is 0.883. The lowest BCUT2D eigenvalue weighted by Gasteiger charge is -2.47. The fourth-order valence-electron chi connectivity index (χ4n) is 4.57. The minimum atomic E-state index is -0.971. The number of hydrogen-bond donors (Lipinski definition) is 2. The molecule has 0 unspecified atom stereocenters. The Morgan fingerprint density at radius 2 is 2.07 bits per heavy atom. The van der Waals surface area contributed by atoms with E-state index in [0.29, 0.717) is 11.4 Å². The molecule has 1 spiro atoms. The quantitative estimate of drug-likeness (QED) is 0.639. The summed E-state index contributed by atoms with van der Waals surface area (Å²) >= 11 is 9.73. The van der Waals surface area contributed by atoms with E-state index in [4.69, 9.17) is 11.6 Å². The second-order valence-corrected chi connectivity index (χ2v) is 8.69. The van der Waals surface area contributed by atoms with Crippen molar-refractivity contribution in [3.63, 3.8) is 0 Å². The molecule has 6 heteroatoms. The van der Waals surface area contributed by atoms with E-state index >= 15 is 0 Å². The van der Waals surface area contributed by atoms with Crippen LogP contribution in [0, 0.1) is 0 Å². The van der Waals surface area contributed by atoms with E-state index in [1.807, 2.05) is 43.3 Å². The van der Waals surface area contributed by atoms with Crippen LogP contribution in [0.4, 0.5) is 5.69 Å². The van der Waals surface area contributed by atoms with E-state index in [9.17, 15) is 9.59 Å². The number of fused-ring (bicyclic) bond motifs is 2. The summed E-state index contributed by atoms with van der Waals surface area (Å²) in [5.74, 6) is -0.561. The van der Waals surface area contributed by atoms with Crippen LogP contribution in [0.1, 0.15) is 36.8 Å². The molecule has 0 saturated carbocycles. The van der Waals surface area contributed by atoms with Crippen molar-refractivity contribution < 1.29 is 9.59 Å². The van der Waals surface area contributed by atoms with Gasteiger partial charge in [0.25, 0.3) is 0 Å². The highest BCUT2D eigenvalue weighted by Crippen LogP contribution is 2.54. The number of amides is 2. The van der Waals surface area contributed by atoms with Gasteiger partial charge in [0, 0.05) is 27.5 Å². The van der Waals surface area contributed by atoms with Gasteiger partial charge < -0.3 is 10.6 Å². The zero-order valence-corrected chi connectivity index (χ0v) is 17.7. The van der Waals surface area contributed by atoms with Crippen molar-refractivity contribution in [1.29, 1.82) is 0 Å². The summed E-state index contributed by atoms with van der Waals surface area (Å²) in [6, 6.07) is 12.7. The number of carbonyl (C=O) groups is 2. The van der Waals surface area contributed by atoms with Crippen LogP contribution in [0.5, 0.6) is 0 Å². The van der Waals surface area contributed by atoms with Gasteiger partial charge in [-0.25, -0.2) is 0 Å². The van der Waals surface area contributed by atoms with Gasteiger partial charge in [-0.1, -0.05) is 64.8 Å². The first-order chi connectivity index (χ1) is 13.4. The van der Waals surface area contributed by atoms with Crippen LogP contribution in [0.25, 0.3) is 0 Å². The Hall–Kier alpha value is -2.11. The molecule has 4 nitrogen and oxygen atoms in total. The van der Waals surface area contributed by atoms with Gasteiger partial charge in [-0.05, 0) is 41.8 Å². The van der Waals surface area contributed by atoms with Gasteiger partial charge in [0.2, 0.25) is 11.8 Å². The van der Waals surface area contributed by atoms with Crippen LogP contribution in [0.15, 0.2) is 59.1 Å². The van der Waals surface area contributed by atoms with Crippen LogP contribution in [-0.4, -0.2) is 17.9 Å². The molecule has 2 amide bonds. The predicted octanol–water partition coefficient (Wildman–Crippen LogP) is 4.93. The average Bonchev–Trinajstić information content (AvgIpc) is 2.94. The van der Waals surface area contributed by atoms with Gasteiger partial charge in [-0.3, -0.25) is 9.59 Å². The normalized spacial score (nSPS) is 26.0. The largest absolute Gasteiger partial charge is 0.348 e. The maximum Gasteiger partial charge on any atom is 0.238 e. The van der Waals surface area contributed by atoms with Crippen LogP contribution in [0.2, 0.25) is 5.02 Å². The lowest BCUT2D eigenvalue weighted by Crippen LogP contribution is -2.62. The maximum absolute atomic E-state index is 13.6. The van der Waals surface area contributed by atoms with E-state index in [0.717, 1.165) is 26.9 Å². The molecule has 2 aliphatic rings. The summed E-state index contributed by atoms with van der Waals surface area (Å²) in [7, 11) is 0. The monoisotopic (exact) mass is 458 g/mol. The third kappa shape index (κ3) is 2.80. The summed E-state index contributed by atoms with van der Waals surface area (Å²) in [5.41, 5.74) is 2.37. The zero-order valence-electron chi connectivity index (χ0n) is 15.4. The molecule has 2 N–H and O–H groups in total. The topological polar surface area (TPSA) is 58.2 Å². The summed E-state index contributed by atoms with van der Waals surface area (Å²) in [6.07, 6.45) is 0.866. The molecule has 2 heterocycles. The van der Waals surface area contributed by atoms with Crippen molar-refractivity contribution in [2.24, 2.45) is 0 Å². The van der Waals surface area contributed by atoms with E-state index in [-0.39, 0.29) is 24.2 Å². The number of anilines is 1. The minimum Gasteiger partial charge on any atom is -0.348 e. The molecular weight excluding hydrogens is 440 g/mol. The Labute approximate surface area is 177 Å². The average molecular weight is 460 g/mol. The molecular formula is C22H20BrClN2O2. The van der Waals surface area contributed by atoms with Crippen LogP contribution < -0.4 is 10.6 Å². The molecule has 28 heavy (non-hydrogen) atoms. The highest BCUT2D eigenvalue weighted by Gasteiger charge is 2.61. The van der Waals surface area contributed by atoms with E-state index in [2.05, 4.69) is 33.1 Å². The highest BCUT2D eigenvalue weighted by molar-refractivity contribution is 9.10. The Morgan fingerprint density at radius 3 is 2.79 bits per heavy atom. The van der Waals surface area contributed by atoms with E-state index in [1.165, 1.54) is 0 Å². The first kappa shape index (κ1) is 19.2. The molecule has 2 aromatic rings. The molecule has 1 fully saturated rings. The summed E-state index contributed by atoms with van der Waals surface area (Å²) in [6.45, 7) is 6.18. The van der Waals surface area contributed by atoms with Gasteiger partial charge in [0.1, 0.15) is 5.41 Å². The van der Waals surface area contributed by atoms with Crippen molar-refractivity contribution in [1.82, 2.24) is 5.32 Å². The molecule has 1 saturated heterocycles. The molecule has 4 rings (SSSR count). The van der Waals surface area contributed by atoms with Gasteiger partial charge in [0.15, 0.2) is 0 Å². The molecule has 3 atom stereocenters. The second kappa shape index (κ2) is 7.05. The predicted molar refractivity (Wildman–Crippen MR) is 115 cm³/mol. The minimum absolute atomic E-state index is 0.0893. The van der Waals surface area contributed by atoms with E-state index < -0.39 is 11.5 Å². The number of benzene rings is 2.